The fraction of sp³-hybridized carbons (Fsp3) is 0.267. The number of ether oxygens (including phenoxy) is 4. The molecule has 0 spiro atoms. The number of hydrogen-bond donors (Lipinski definition) is 2. The average Bonchev–Trinajstić information content (AvgIpc) is 2.91. The van der Waals surface area contributed by atoms with Gasteiger partial charge in [0.1, 0.15) is 5.75 Å². The molecule has 0 heterocycles. The van der Waals surface area contributed by atoms with Gasteiger partial charge in [0.25, 0.3) is 0 Å². The molecule has 0 saturated heterocycles. The summed E-state index contributed by atoms with van der Waals surface area (Å²) in [4.78, 5) is 24.7. The molecule has 3 aromatic carbocycles. The number of benzene rings is 3. The molecule has 0 unspecified atom stereocenters. The van der Waals surface area contributed by atoms with Crippen LogP contribution in [0.4, 0.5) is 24.5 Å². The van der Waals surface area contributed by atoms with E-state index in [2.05, 4.69) is 0 Å². The number of carbonyl (C=O) groups excluding carboxylic acids is 2. The van der Waals surface area contributed by atoms with Crippen LogP contribution in [0.15, 0.2) is 66.7 Å². The Hall–Kier alpha value is -4.67. The van der Waals surface area contributed by atoms with Gasteiger partial charge in [0.05, 0.1) is 25.9 Å². The Kier molecular flexibility index (Phi) is 11.0. The molecule has 41 heavy (non-hydrogen) atoms. The lowest BCUT2D eigenvalue weighted by Gasteiger charge is -2.11. The number of methoxy groups -OCH3 is 1. The first-order valence-corrected chi connectivity index (χ1v) is 12.7. The van der Waals surface area contributed by atoms with Crippen molar-refractivity contribution >= 4 is 29.4 Å². The Balaban J connectivity index is 1.49. The maximum atomic E-state index is 12.6. The molecule has 3 aromatic rings. The van der Waals surface area contributed by atoms with Gasteiger partial charge in [-0.25, -0.2) is 9.59 Å². The number of hydrogen-bond acceptors (Lipinski definition) is 8. The number of esters is 2. The molecule has 0 saturated carbocycles. The summed E-state index contributed by atoms with van der Waals surface area (Å²) < 4.78 is 58.0. The summed E-state index contributed by atoms with van der Waals surface area (Å²) in [7, 11) is 1.42. The summed E-state index contributed by atoms with van der Waals surface area (Å²) in [6.45, 7) is 0.285. The van der Waals surface area contributed by atoms with Gasteiger partial charge in [-0.15, -0.1) is 0 Å². The van der Waals surface area contributed by atoms with Crippen LogP contribution in [0, 0.1) is 0 Å². The first-order valence-electron chi connectivity index (χ1n) is 12.7. The Morgan fingerprint density at radius 2 is 1.59 bits per heavy atom. The monoisotopic (exact) mass is 572 g/mol. The van der Waals surface area contributed by atoms with Gasteiger partial charge < -0.3 is 30.4 Å². The third kappa shape index (κ3) is 10.8. The van der Waals surface area contributed by atoms with Gasteiger partial charge in [0.15, 0.2) is 11.5 Å². The van der Waals surface area contributed by atoms with Gasteiger partial charge in [-0.2, -0.15) is 13.2 Å². The minimum Gasteiger partial charge on any atom is -0.494 e. The van der Waals surface area contributed by atoms with E-state index in [0.717, 1.165) is 5.56 Å². The zero-order chi connectivity index (χ0) is 29.8. The van der Waals surface area contributed by atoms with E-state index in [1.54, 1.807) is 30.3 Å². The standard InChI is InChI=1S/C30H31F3N2O6/c1-38-27-18-20(5-11-28(36)40-15-12-21-16-23(34)19-24(35)17-21)4-10-26(27)41-29(37)22-6-8-25(9-7-22)39-14-3-2-13-30(31,32)33/h4-11,16-19H,2-3,12-15,34-35H2,1H3. The summed E-state index contributed by atoms with van der Waals surface area (Å²) in [6.07, 6.45) is -1.51. The van der Waals surface area contributed by atoms with Crippen LogP contribution < -0.4 is 25.7 Å². The number of halogens is 3. The third-order valence-corrected chi connectivity index (χ3v) is 5.69. The van der Waals surface area contributed by atoms with Crippen molar-refractivity contribution in [3.63, 3.8) is 0 Å². The molecule has 0 aromatic heterocycles. The predicted octanol–water partition coefficient (Wildman–Crippen LogP) is 5.99. The van der Waals surface area contributed by atoms with Crippen molar-refractivity contribution in [2.24, 2.45) is 0 Å². The highest BCUT2D eigenvalue weighted by molar-refractivity contribution is 5.91. The number of carbonyl (C=O) groups is 2. The smallest absolute Gasteiger partial charge is 0.389 e. The normalized spacial score (nSPS) is 11.3. The summed E-state index contributed by atoms with van der Waals surface area (Å²) >= 11 is 0. The largest absolute Gasteiger partial charge is 0.494 e. The molecule has 218 valence electrons. The second kappa shape index (κ2) is 14.6. The topological polar surface area (TPSA) is 123 Å². The molecular formula is C30H31F3N2O6. The molecule has 0 amide bonds. The second-order valence-electron chi connectivity index (χ2n) is 9.00. The molecule has 0 fully saturated rings. The van der Waals surface area contributed by atoms with Crippen LogP contribution in [-0.2, 0) is 16.0 Å². The molecule has 8 nitrogen and oxygen atoms in total. The number of rotatable bonds is 13. The Bertz CT molecular complexity index is 1340. The number of alkyl halides is 3. The molecule has 0 aliphatic rings. The lowest BCUT2D eigenvalue weighted by atomic mass is 10.1. The van der Waals surface area contributed by atoms with Gasteiger partial charge in [-0.05, 0) is 84.6 Å². The van der Waals surface area contributed by atoms with Crippen molar-refractivity contribution in [1.82, 2.24) is 0 Å². The molecule has 0 atom stereocenters. The first kappa shape index (κ1) is 30.9. The van der Waals surface area contributed by atoms with E-state index in [9.17, 15) is 22.8 Å². The van der Waals surface area contributed by atoms with Crippen molar-refractivity contribution in [1.29, 1.82) is 0 Å². The van der Waals surface area contributed by atoms with Gasteiger partial charge in [-0.1, -0.05) is 6.07 Å². The molecular weight excluding hydrogens is 541 g/mol. The van der Waals surface area contributed by atoms with Gasteiger partial charge in [0.2, 0.25) is 0 Å². The highest BCUT2D eigenvalue weighted by Gasteiger charge is 2.25. The maximum absolute atomic E-state index is 12.6. The van der Waals surface area contributed by atoms with Gasteiger partial charge in [0, 0.05) is 30.3 Å². The van der Waals surface area contributed by atoms with Crippen molar-refractivity contribution in [3.8, 4) is 17.2 Å². The zero-order valence-electron chi connectivity index (χ0n) is 22.4. The van der Waals surface area contributed by atoms with Crippen LogP contribution in [0.3, 0.4) is 0 Å². The average molecular weight is 573 g/mol. The minimum absolute atomic E-state index is 0.0182. The van der Waals surface area contributed by atoms with Crippen molar-refractivity contribution in [2.45, 2.75) is 31.9 Å². The molecule has 4 N–H and O–H groups in total. The van der Waals surface area contributed by atoms with E-state index in [4.69, 9.17) is 30.4 Å². The molecule has 0 radical (unpaired) electrons. The number of anilines is 2. The van der Waals surface area contributed by atoms with Crippen molar-refractivity contribution < 1.29 is 41.7 Å². The fourth-order valence-electron chi connectivity index (χ4n) is 3.71. The van der Waals surface area contributed by atoms with Crippen LogP contribution in [0.2, 0.25) is 0 Å². The van der Waals surface area contributed by atoms with E-state index in [-0.39, 0.29) is 43.1 Å². The summed E-state index contributed by atoms with van der Waals surface area (Å²) in [5.41, 5.74) is 14.3. The van der Waals surface area contributed by atoms with E-state index < -0.39 is 24.5 Å². The van der Waals surface area contributed by atoms with Gasteiger partial charge in [-0.3, -0.25) is 0 Å². The number of unbranched alkanes of at least 4 members (excludes halogenated alkanes) is 1. The molecule has 0 aliphatic heterocycles. The van der Waals surface area contributed by atoms with E-state index >= 15 is 0 Å². The number of nitrogen functional groups attached to an aromatic ring is 2. The van der Waals surface area contributed by atoms with Crippen LogP contribution in [0.1, 0.15) is 40.7 Å². The van der Waals surface area contributed by atoms with E-state index in [1.165, 1.54) is 49.6 Å². The zero-order valence-corrected chi connectivity index (χ0v) is 22.4. The second-order valence-corrected chi connectivity index (χ2v) is 9.00. The highest BCUT2D eigenvalue weighted by atomic mass is 19.4. The van der Waals surface area contributed by atoms with Crippen molar-refractivity contribution in [3.05, 3.63) is 83.4 Å². The highest BCUT2D eigenvalue weighted by Crippen LogP contribution is 2.30. The fourth-order valence-corrected chi connectivity index (χ4v) is 3.71. The SMILES string of the molecule is COc1cc(C=CC(=O)OCCc2cc(N)cc(N)c2)ccc1OC(=O)c1ccc(OCCCCC(F)(F)F)cc1. The van der Waals surface area contributed by atoms with E-state index in [0.29, 0.717) is 29.1 Å². The maximum Gasteiger partial charge on any atom is 0.389 e. The predicted molar refractivity (Wildman–Crippen MR) is 149 cm³/mol. The Labute approximate surface area is 235 Å². The minimum atomic E-state index is -4.18. The molecule has 11 heteroatoms. The summed E-state index contributed by atoms with van der Waals surface area (Å²) in [5.74, 6) is -0.315. The molecule has 0 bridgehead atoms. The Morgan fingerprint density at radius 3 is 2.24 bits per heavy atom. The van der Waals surface area contributed by atoms with Crippen molar-refractivity contribution in [2.75, 3.05) is 31.8 Å². The third-order valence-electron chi connectivity index (χ3n) is 5.69. The lowest BCUT2D eigenvalue weighted by molar-refractivity contribution is -0.138. The van der Waals surface area contributed by atoms with Crippen LogP contribution >= 0.6 is 0 Å². The van der Waals surface area contributed by atoms with Gasteiger partial charge >= 0.3 is 18.1 Å². The van der Waals surface area contributed by atoms with Crippen LogP contribution in [0.5, 0.6) is 17.2 Å². The number of nitrogens with two attached hydrogens (primary N) is 2. The van der Waals surface area contributed by atoms with Crippen LogP contribution in [0.25, 0.3) is 6.08 Å². The van der Waals surface area contributed by atoms with E-state index in [1.807, 2.05) is 0 Å². The summed E-state index contributed by atoms with van der Waals surface area (Å²) in [6, 6.07) is 16.0. The molecule has 0 aliphatic carbocycles. The lowest BCUT2D eigenvalue weighted by Crippen LogP contribution is -2.09. The Morgan fingerprint density at radius 1 is 0.878 bits per heavy atom. The summed E-state index contributed by atoms with van der Waals surface area (Å²) in [5, 5.41) is 0. The van der Waals surface area contributed by atoms with Crippen LogP contribution in [-0.4, -0.2) is 38.4 Å². The molecule has 3 rings (SSSR count). The quantitative estimate of drug-likeness (QED) is 0.0842. The first-order chi connectivity index (χ1) is 19.5.